The molecule has 10 aliphatic rings. The molecular formula is C68H114N4O51. The van der Waals surface area contributed by atoms with Crippen molar-refractivity contribution in [1.82, 2.24) is 21.3 Å². The third kappa shape index (κ3) is 22.4. The summed E-state index contributed by atoms with van der Waals surface area (Å²) >= 11 is 0. The van der Waals surface area contributed by atoms with Crippen molar-refractivity contribution < 1.29 is 252 Å². The van der Waals surface area contributed by atoms with Gasteiger partial charge in [-0.05, 0) is 0 Å². The molecule has 10 saturated heterocycles. The maximum absolute atomic E-state index is 13.1. The molecule has 10 aliphatic heterocycles. The van der Waals surface area contributed by atoms with E-state index in [-0.39, 0.29) is 0 Å². The minimum absolute atomic E-state index is 0.873. The van der Waals surface area contributed by atoms with E-state index in [1.54, 1.807) is 0 Å². The topological polar surface area (TPSA) is 858 Å². The lowest BCUT2D eigenvalue weighted by molar-refractivity contribution is -0.393. The van der Waals surface area contributed by atoms with Crippen molar-refractivity contribution in [2.75, 3.05) is 66.1 Å². The van der Waals surface area contributed by atoms with Gasteiger partial charge >= 0.3 is 0 Å². The summed E-state index contributed by atoms with van der Waals surface area (Å²) in [6.45, 7) is -7.13. The Bertz CT molecular complexity index is 3300. The van der Waals surface area contributed by atoms with Crippen LogP contribution in [-0.2, 0) is 109 Å². The molecule has 1 unspecified atom stereocenters. The average Bonchev–Trinajstić information content (AvgIpc) is 0.771. The van der Waals surface area contributed by atoms with Gasteiger partial charge in [0, 0.05) is 27.7 Å². The molecule has 0 aromatic heterocycles. The highest BCUT2D eigenvalue weighted by atomic mass is 16.8. The smallest absolute Gasteiger partial charge is 0.217 e. The highest BCUT2D eigenvalue weighted by Crippen LogP contribution is 2.40. The van der Waals surface area contributed by atoms with Crippen LogP contribution in [0.2, 0.25) is 0 Å². The number of rotatable bonds is 32. The molecule has 50 atom stereocenters. The first-order chi connectivity index (χ1) is 58.2. The van der Waals surface area contributed by atoms with Gasteiger partial charge < -0.3 is 254 Å². The largest absolute Gasteiger partial charge is 0.394 e. The standard InChI is InChI=1S/C68H114N4O51/c1-15(81)69-29-38(90)52(22(8-76)107-59(29)104)121-67-51(103)57(122-66-50(102)46(98)56(26(12-80)114-66)117-61-31(71-17(3)83)40(92)54(24(10-78)112-61)119-64-48(100)43(95)34(86)20(6-74)109-64)37(89)28(115-67)14-106-68-58(123-62-32(72-18(4)84)41(93)55(25(11-79)113-62)120-65-49(101)44(96)35(87)21(7-75)110-65)45(97)36(88)27(116-68)13-105-60-30(70-16(2)82)39(91)53(23(9-77)111-60)118-63-47(99)42(94)33(85)19(5-73)108-63/h19-68,73-80,85-104H,5-14H2,1-4H3,(H,69,81)(H,70,82)(H,71,83)(H,72,84)/t19-,20-,21-,22-,23-,24-,25-,26-,27-,28-,29-,30-,31-,32-,33+,34+,35+,36-,37-,38-,39-,40-,41-,42+,43+,44+,45+,46-,47-,48-,49-,50+,51+,52-,53-,54-,55-,56-,57+,58+,59?,60-,61+,62+,63+,64+,65+,66-,67+,68+/m1/s1. The molecule has 0 aliphatic carbocycles. The summed E-state index contributed by atoms with van der Waals surface area (Å²) < 4.78 is 112. The zero-order valence-corrected chi connectivity index (χ0v) is 65.9. The molecule has 0 bridgehead atoms. The van der Waals surface area contributed by atoms with Crippen molar-refractivity contribution in [2.24, 2.45) is 0 Å². The maximum atomic E-state index is 13.1. The molecule has 10 rings (SSSR count). The summed E-state index contributed by atoms with van der Waals surface area (Å²) in [5, 5.41) is 320. The third-order valence-electron chi connectivity index (χ3n) is 22.5. The summed E-state index contributed by atoms with van der Waals surface area (Å²) in [5.74, 6) is -3.67. The second kappa shape index (κ2) is 44.3. The highest BCUT2D eigenvalue weighted by molar-refractivity contribution is 5.74. The van der Waals surface area contributed by atoms with Crippen LogP contribution >= 0.6 is 0 Å². The molecule has 10 heterocycles. The molecule has 10 fully saturated rings. The summed E-state index contributed by atoms with van der Waals surface area (Å²) in [6, 6.07) is -7.46. The second-order valence-corrected chi connectivity index (χ2v) is 31.0. The quantitative estimate of drug-likeness (QED) is 0.0297. The van der Waals surface area contributed by atoms with Gasteiger partial charge in [-0.15, -0.1) is 0 Å². The van der Waals surface area contributed by atoms with E-state index in [4.69, 9.17) is 90.0 Å². The van der Waals surface area contributed by atoms with Crippen LogP contribution in [0, 0.1) is 0 Å². The van der Waals surface area contributed by atoms with Crippen molar-refractivity contribution in [3.05, 3.63) is 0 Å². The van der Waals surface area contributed by atoms with Gasteiger partial charge in [0.05, 0.1) is 66.1 Å². The third-order valence-corrected chi connectivity index (χ3v) is 22.5. The Hall–Kier alpha value is -4.00. The maximum Gasteiger partial charge on any atom is 0.217 e. The highest BCUT2D eigenvalue weighted by Gasteiger charge is 2.61. The number of amides is 4. The van der Waals surface area contributed by atoms with Crippen LogP contribution in [-0.4, -0.2) is 539 Å². The number of carbonyl (C=O) groups excluding carboxylic acids is 4. The Morgan fingerprint density at radius 2 is 0.439 bits per heavy atom. The molecule has 4 amide bonds. The molecule has 123 heavy (non-hydrogen) atoms. The number of carbonyl (C=O) groups is 4. The Morgan fingerprint density at radius 1 is 0.211 bits per heavy atom. The van der Waals surface area contributed by atoms with Crippen LogP contribution in [0.15, 0.2) is 0 Å². The molecular weight excluding hydrogens is 1690 g/mol. The van der Waals surface area contributed by atoms with Crippen molar-refractivity contribution in [3.8, 4) is 0 Å². The van der Waals surface area contributed by atoms with Gasteiger partial charge in [0.15, 0.2) is 62.9 Å². The minimum atomic E-state index is -2.52. The van der Waals surface area contributed by atoms with Gasteiger partial charge in [-0.3, -0.25) is 19.2 Å². The Labute approximate surface area is 695 Å². The SMILES string of the molecule is CC(=O)N[C@H]1[C@H](OC[C@H]2O[C@H](OC[C@H]3O[C@@H](O[C@H]4[C@H](O)[C@@H](NC(C)=O)C(O)O[C@@H]4CO)[C@@H](O)[C@@H](O[C@H]4O[C@H](CO)[C@@H](O[C@@H]5O[C@H](CO)[C@@H](O[C@@H]6O[C@H](CO)[C@H](O)[C@H](O)[C@H]6O)[C@H](O)[C@H]5NC(C)=O)[C@H](O)[C@@H]4O)[C@@H]3O)[C@@H](O[C@@H]3O[C@H](CO)[C@@H](O[C@@H]4O[C@H](CO)[C@H](O)[C@H](O)[C@H]4O)[C@H](O)[C@H]3NC(C)=O)[C@@H](O)[C@@H]2O)O[C@H](CO)[C@@H](O[C@@H]2O[C@H](CO)[C@H](O)[C@H](O)[C@H]2O)[C@@H]1O. The lowest BCUT2D eigenvalue weighted by atomic mass is 9.94. The van der Waals surface area contributed by atoms with Gasteiger partial charge in [0.1, 0.15) is 244 Å². The fourth-order valence-electron chi connectivity index (χ4n) is 15.9. The van der Waals surface area contributed by atoms with Crippen molar-refractivity contribution in [3.63, 3.8) is 0 Å². The summed E-state index contributed by atoms with van der Waals surface area (Å²) in [6.07, 6.45) is -95.8. The van der Waals surface area contributed by atoms with E-state index >= 15 is 0 Å². The molecule has 0 aromatic carbocycles. The van der Waals surface area contributed by atoms with Gasteiger partial charge in [-0.25, -0.2) is 0 Å². The summed E-state index contributed by atoms with van der Waals surface area (Å²) in [5.41, 5.74) is 0. The first-order valence-corrected chi connectivity index (χ1v) is 39.1. The molecule has 55 nitrogen and oxygen atoms in total. The molecule has 55 heteroatoms. The Morgan fingerprint density at radius 3 is 0.805 bits per heavy atom. The zero-order valence-electron chi connectivity index (χ0n) is 65.9. The lowest BCUT2D eigenvalue weighted by Gasteiger charge is -2.50. The Balaban J connectivity index is 0.959. The molecule has 0 aromatic rings. The van der Waals surface area contributed by atoms with Crippen LogP contribution < -0.4 is 21.3 Å². The first-order valence-electron chi connectivity index (χ1n) is 39.1. The van der Waals surface area contributed by atoms with E-state index in [0.29, 0.717) is 0 Å². The van der Waals surface area contributed by atoms with Crippen molar-refractivity contribution in [1.29, 1.82) is 0 Å². The van der Waals surface area contributed by atoms with Crippen molar-refractivity contribution in [2.45, 2.75) is 335 Å². The number of hydrogen-bond acceptors (Lipinski definition) is 51. The number of nitrogens with one attached hydrogen (secondary N) is 4. The normalized spacial score (nSPS) is 49.4. The lowest BCUT2D eigenvalue weighted by Crippen LogP contribution is -2.70. The first kappa shape index (κ1) is 101. The van der Waals surface area contributed by atoms with Gasteiger partial charge in [0.25, 0.3) is 0 Å². The predicted molar refractivity (Wildman–Crippen MR) is 376 cm³/mol. The average molecular weight is 1800 g/mol. The molecule has 32 N–H and O–H groups in total. The minimum Gasteiger partial charge on any atom is -0.394 e. The van der Waals surface area contributed by atoms with E-state index in [1.165, 1.54) is 0 Å². The second-order valence-electron chi connectivity index (χ2n) is 31.0. The number of hydrogen-bond donors (Lipinski definition) is 32. The van der Waals surface area contributed by atoms with E-state index in [9.17, 15) is 162 Å². The van der Waals surface area contributed by atoms with E-state index in [1.807, 2.05) is 0 Å². The molecule has 0 spiro atoms. The van der Waals surface area contributed by atoms with Gasteiger partial charge in [-0.1, -0.05) is 0 Å². The van der Waals surface area contributed by atoms with Gasteiger partial charge in [-0.2, -0.15) is 0 Å². The monoisotopic (exact) mass is 1800 g/mol. The van der Waals surface area contributed by atoms with Crippen molar-refractivity contribution >= 4 is 23.6 Å². The number of aliphatic hydroxyl groups is 28. The van der Waals surface area contributed by atoms with E-state index in [2.05, 4.69) is 21.3 Å². The predicted octanol–water partition coefficient (Wildman–Crippen LogP) is -22.2. The number of ether oxygens (including phenoxy) is 19. The Kier molecular flexibility index (Phi) is 36.4. The van der Waals surface area contributed by atoms with E-state index < -0.39 is 397 Å². The van der Waals surface area contributed by atoms with Gasteiger partial charge in [0.2, 0.25) is 23.6 Å². The van der Waals surface area contributed by atoms with Crippen LogP contribution in [0.25, 0.3) is 0 Å². The molecule has 0 saturated carbocycles. The number of aliphatic hydroxyl groups excluding tert-OH is 28. The fourth-order valence-corrected chi connectivity index (χ4v) is 15.9. The molecule has 0 radical (unpaired) electrons. The van der Waals surface area contributed by atoms with Crippen LogP contribution in [0.3, 0.4) is 0 Å². The van der Waals surface area contributed by atoms with Crippen LogP contribution in [0.5, 0.6) is 0 Å². The van der Waals surface area contributed by atoms with E-state index in [0.717, 1.165) is 27.7 Å². The summed E-state index contributed by atoms with van der Waals surface area (Å²) in [7, 11) is 0. The fraction of sp³-hybridized carbons (Fsp3) is 0.941. The molecule has 712 valence electrons. The van der Waals surface area contributed by atoms with Crippen LogP contribution in [0.1, 0.15) is 27.7 Å². The van der Waals surface area contributed by atoms with Crippen LogP contribution in [0.4, 0.5) is 0 Å². The summed E-state index contributed by atoms with van der Waals surface area (Å²) in [4.78, 5) is 51.1. The zero-order chi connectivity index (χ0) is 90.5.